The fourth-order valence-electron chi connectivity index (χ4n) is 5.14. The molecule has 5 aromatic rings. The number of halogens is 5. The monoisotopic (exact) mass is 627 g/mol. The van der Waals surface area contributed by atoms with Crippen LogP contribution in [0.3, 0.4) is 0 Å². The second-order valence-corrected chi connectivity index (χ2v) is 12.3. The molecule has 0 saturated heterocycles. The van der Waals surface area contributed by atoms with Crippen LogP contribution in [0.2, 0.25) is 0 Å². The molecule has 1 atom stereocenters. The molecule has 2 aliphatic rings. The Morgan fingerprint density at radius 2 is 1.64 bits per heavy atom. The highest BCUT2D eigenvalue weighted by molar-refractivity contribution is 7.86. The second kappa shape index (κ2) is 10.0. The zero-order valence-electron chi connectivity index (χ0n) is 23.1. The largest absolute Gasteiger partial charge is 0.586 e. The Bertz CT molecular complexity index is 1960. The molecule has 1 aliphatic heterocycles. The van der Waals surface area contributed by atoms with E-state index in [-0.39, 0.29) is 39.9 Å². The summed E-state index contributed by atoms with van der Waals surface area (Å²) in [7, 11) is -1.15. The Kier molecular flexibility index (Phi) is 6.43. The number of imidazole rings is 1. The third-order valence-electron chi connectivity index (χ3n) is 7.31. The molecule has 44 heavy (non-hydrogen) atoms. The molecule has 1 aliphatic carbocycles. The van der Waals surface area contributed by atoms with Crippen LogP contribution < -0.4 is 9.47 Å². The van der Waals surface area contributed by atoms with Crippen molar-refractivity contribution in [3.8, 4) is 50.9 Å². The maximum absolute atomic E-state index is 13.7. The number of oxazole rings is 1. The van der Waals surface area contributed by atoms with Crippen molar-refractivity contribution < 1.29 is 40.1 Å². The molecule has 0 spiro atoms. The van der Waals surface area contributed by atoms with Crippen molar-refractivity contribution in [2.75, 3.05) is 0 Å². The summed E-state index contributed by atoms with van der Waals surface area (Å²) < 4.78 is 97.6. The normalized spacial score (nSPS) is 16.3. The van der Waals surface area contributed by atoms with Gasteiger partial charge >= 0.3 is 12.5 Å². The molecule has 1 unspecified atom stereocenters. The average Bonchev–Trinajstić information content (AvgIpc) is 3.52. The molecular formula is C31H22F5N3O4S. The summed E-state index contributed by atoms with van der Waals surface area (Å²) in [4.78, 5) is 8.98. The topological polar surface area (TPSA) is 79.4 Å². The highest BCUT2D eigenvalue weighted by Gasteiger charge is 2.43. The summed E-state index contributed by atoms with van der Waals surface area (Å²) in [6, 6.07) is 16.6. The van der Waals surface area contributed by atoms with Crippen LogP contribution in [0.15, 0.2) is 76.2 Å². The molecule has 13 heteroatoms. The predicted octanol–water partition coefficient (Wildman–Crippen LogP) is 8.09. The van der Waals surface area contributed by atoms with E-state index in [4.69, 9.17) is 4.42 Å². The van der Waals surface area contributed by atoms with Crippen LogP contribution in [-0.2, 0) is 17.0 Å². The van der Waals surface area contributed by atoms with Gasteiger partial charge in [0.15, 0.2) is 28.8 Å². The van der Waals surface area contributed by atoms with Crippen LogP contribution in [0.4, 0.5) is 22.0 Å². The summed E-state index contributed by atoms with van der Waals surface area (Å²) in [5, 5.41) is 0.137. The van der Waals surface area contributed by atoms with Gasteiger partial charge in [0.25, 0.3) is 0 Å². The Hall–Kier alpha value is -4.52. The maximum atomic E-state index is 13.7. The van der Waals surface area contributed by atoms with Crippen LogP contribution in [-0.4, -0.2) is 30.3 Å². The van der Waals surface area contributed by atoms with E-state index in [1.165, 1.54) is 29.7 Å². The van der Waals surface area contributed by atoms with E-state index in [9.17, 15) is 26.2 Å². The van der Waals surface area contributed by atoms with Crippen molar-refractivity contribution in [2.45, 2.75) is 49.3 Å². The molecule has 3 aromatic carbocycles. The number of nitrogens with zero attached hydrogens (tertiary/aromatic N) is 3. The van der Waals surface area contributed by atoms with Gasteiger partial charge < -0.3 is 18.5 Å². The van der Waals surface area contributed by atoms with E-state index in [1.54, 1.807) is 25.1 Å². The standard InChI is InChI=1S/C31H22F5N3O4S/c1-16-37-27(30(32,33)34)15-39(16)24-10-6-19(18-4-3-5-22(12-18)44(40)21-8-9-21)13-23(24)28-29(41-17(2)38-28)20-7-11-25-26(14-20)43-31(35,36)42-25/h3-7,10-15,21H,8-9H2,1-2H3. The van der Waals surface area contributed by atoms with Crippen molar-refractivity contribution in [1.29, 1.82) is 0 Å². The zero-order valence-corrected chi connectivity index (χ0v) is 23.9. The van der Waals surface area contributed by atoms with Gasteiger partial charge in [-0.15, -0.1) is 8.78 Å². The van der Waals surface area contributed by atoms with E-state index in [0.29, 0.717) is 27.3 Å². The Labute approximate surface area is 249 Å². The Morgan fingerprint density at radius 1 is 0.909 bits per heavy atom. The maximum Gasteiger partial charge on any atom is 0.586 e. The Balaban J connectivity index is 1.40. The minimum absolute atomic E-state index is 0.0835. The van der Waals surface area contributed by atoms with Gasteiger partial charge in [-0.05, 0) is 73.4 Å². The average molecular weight is 628 g/mol. The SMILES string of the molecule is Cc1nc(-c2cc(-c3cccc(S(=O)C4CC4)c3)ccc2-n2cc(C(F)(F)F)nc2C)c(-c2ccc3c(c2)OC(F)(F)O3)o1. The molecule has 3 heterocycles. The van der Waals surface area contributed by atoms with Crippen LogP contribution in [0.1, 0.15) is 30.3 Å². The fraction of sp³-hybridized carbons (Fsp3) is 0.226. The minimum Gasteiger partial charge on any atom is -0.440 e. The summed E-state index contributed by atoms with van der Waals surface area (Å²) in [5.74, 6) is 0.133. The molecule has 0 bridgehead atoms. The predicted molar refractivity (Wildman–Crippen MR) is 150 cm³/mol. The first-order valence-electron chi connectivity index (χ1n) is 13.5. The second-order valence-electron chi connectivity index (χ2n) is 10.5. The fourth-order valence-corrected chi connectivity index (χ4v) is 6.54. The van der Waals surface area contributed by atoms with E-state index < -0.39 is 29.0 Å². The smallest absolute Gasteiger partial charge is 0.440 e. The van der Waals surface area contributed by atoms with Crippen LogP contribution in [0.5, 0.6) is 11.5 Å². The number of rotatable bonds is 6. The van der Waals surface area contributed by atoms with Gasteiger partial charge in [-0.3, -0.25) is 4.21 Å². The molecule has 1 saturated carbocycles. The molecule has 7 nitrogen and oxygen atoms in total. The molecule has 7 rings (SSSR count). The lowest BCUT2D eigenvalue weighted by atomic mass is 9.98. The van der Waals surface area contributed by atoms with E-state index in [0.717, 1.165) is 24.6 Å². The molecule has 0 radical (unpaired) electrons. The Morgan fingerprint density at radius 3 is 2.36 bits per heavy atom. The summed E-state index contributed by atoms with van der Waals surface area (Å²) >= 11 is 0. The summed E-state index contributed by atoms with van der Waals surface area (Å²) in [6.07, 6.45) is -5.77. The summed E-state index contributed by atoms with van der Waals surface area (Å²) in [6.45, 7) is 3.05. The molecule has 226 valence electrons. The lowest BCUT2D eigenvalue weighted by Crippen LogP contribution is -2.25. The highest BCUT2D eigenvalue weighted by Crippen LogP contribution is 2.45. The lowest BCUT2D eigenvalue weighted by Gasteiger charge is -2.14. The van der Waals surface area contributed by atoms with Gasteiger partial charge in [0.1, 0.15) is 11.5 Å². The molecule has 0 N–H and O–H groups in total. The number of ether oxygens (including phenoxy) is 2. The van der Waals surface area contributed by atoms with Gasteiger partial charge in [-0.1, -0.05) is 18.2 Å². The zero-order chi connectivity index (χ0) is 31.0. The van der Waals surface area contributed by atoms with Gasteiger partial charge in [0, 0.05) is 34.4 Å². The first-order valence-corrected chi connectivity index (χ1v) is 14.7. The van der Waals surface area contributed by atoms with Crippen LogP contribution in [0, 0.1) is 13.8 Å². The number of aryl methyl sites for hydroxylation is 2. The molecular weight excluding hydrogens is 605 g/mol. The molecule has 0 amide bonds. The third kappa shape index (κ3) is 5.14. The number of benzene rings is 3. The number of hydrogen-bond acceptors (Lipinski definition) is 6. The van der Waals surface area contributed by atoms with Crippen molar-refractivity contribution in [3.05, 3.63) is 84.3 Å². The van der Waals surface area contributed by atoms with Crippen molar-refractivity contribution in [2.24, 2.45) is 0 Å². The minimum atomic E-state index is -4.67. The quantitative estimate of drug-likeness (QED) is 0.177. The molecule has 1 fully saturated rings. The van der Waals surface area contributed by atoms with Crippen LogP contribution in [0.25, 0.3) is 39.4 Å². The van der Waals surface area contributed by atoms with E-state index in [1.807, 2.05) is 24.3 Å². The first-order chi connectivity index (χ1) is 20.9. The number of alkyl halides is 5. The van der Waals surface area contributed by atoms with Gasteiger partial charge in [-0.25, -0.2) is 9.97 Å². The van der Waals surface area contributed by atoms with E-state index in [2.05, 4.69) is 19.4 Å². The van der Waals surface area contributed by atoms with Gasteiger partial charge in [0.2, 0.25) is 0 Å². The first kappa shape index (κ1) is 28.3. The third-order valence-corrected chi connectivity index (χ3v) is 9.10. The highest BCUT2D eigenvalue weighted by atomic mass is 32.2. The van der Waals surface area contributed by atoms with Crippen molar-refractivity contribution >= 4 is 10.8 Å². The van der Waals surface area contributed by atoms with E-state index >= 15 is 0 Å². The van der Waals surface area contributed by atoms with Crippen molar-refractivity contribution in [1.82, 2.24) is 14.5 Å². The number of hydrogen-bond donors (Lipinski definition) is 0. The summed E-state index contributed by atoms with van der Waals surface area (Å²) in [5.41, 5.74) is 1.67. The van der Waals surface area contributed by atoms with Gasteiger partial charge in [-0.2, -0.15) is 13.2 Å². The lowest BCUT2D eigenvalue weighted by molar-refractivity contribution is -0.286. The molecule has 2 aromatic heterocycles. The van der Waals surface area contributed by atoms with Gasteiger partial charge in [0.05, 0.1) is 16.5 Å². The van der Waals surface area contributed by atoms with Crippen molar-refractivity contribution in [3.63, 3.8) is 0 Å². The van der Waals surface area contributed by atoms with Crippen LogP contribution >= 0.6 is 0 Å². The number of aromatic nitrogens is 3. The number of fused-ring (bicyclic) bond motifs is 1.